The molecule has 0 spiro atoms. The Kier molecular flexibility index (Phi) is 6.05. The Morgan fingerprint density at radius 3 is 2.52 bits per heavy atom. The highest BCUT2D eigenvalue weighted by Crippen LogP contribution is 2.22. The predicted molar refractivity (Wildman–Crippen MR) is 93.9 cm³/mol. The molecule has 1 atom stereocenters. The summed E-state index contributed by atoms with van der Waals surface area (Å²) in [6.45, 7) is 8.25. The number of carbonyl (C=O) groups excluding carboxylic acids is 1. The summed E-state index contributed by atoms with van der Waals surface area (Å²) in [5.41, 5.74) is 1.23. The van der Waals surface area contributed by atoms with Crippen molar-refractivity contribution in [1.29, 1.82) is 0 Å². The number of carbonyl (C=O) groups is 1. The monoisotopic (exact) mass is 318 g/mol. The van der Waals surface area contributed by atoms with Crippen LogP contribution in [0.5, 0.6) is 5.75 Å². The molecule has 1 saturated heterocycles. The van der Waals surface area contributed by atoms with Gasteiger partial charge in [-0.05, 0) is 63.5 Å². The lowest BCUT2D eigenvalue weighted by molar-refractivity contribution is -0.139. The van der Waals surface area contributed by atoms with Crippen molar-refractivity contribution in [3.05, 3.63) is 29.8 Å². The third-order valence-electron chi connectivity index (χ3n) is 4.77. The molecular formula is C19H30N2O2. The minimum atomic E-state index is -0.456. The molecule has 0 radical (unpaired) electrons. The lowest BCUT2D eigenvalue weighted by atomic mass is 10.0. The number of ether oxygens (including phenoxy) is 1. The number of benzene rings is 1. The van der Waals surface area contributed by atoms with E-state index >= 15 is 0 Å². The number of hydrogen-bond donors (Lipinski definition) is 0. The van der Waals surface area contributed by atoms with Gasteiger partial charge in [-0.25, -0.2) is 0 Å². The van der Waals surface area contributed by atoms with Crippen molar-refractivity contribution in [2.24, 2.45) is 0 Å². The topological polar surface area (TPSA) is 32.8 Å². The zero-order valence-corrected chi connectivity index (χ0v) is 15.1. The third kappa shape index (κ3) is 4.71. The van der Waals surface area contributed by atoms with Crippen LogP contribution in [0.2, 0.25) is 0 Å². The molecule has 0 N–H and O–H groups in total. The molecule has 0 bridgehead atoms. The van der Waals surface area contributed by atoms with Gasteiger partial charge in [0.15, 0.2) is 6.10 Å². The van der Waals surface area contributed by atoms with E-state index in [0.29, 0.717) is 12.0 Å². The van der Waals surface area contributed by atoms with Crippen molar-refractivity contribution in [2.45, 2.75) is 51.7 Å². The minimum Gasteiger partial charge on any atom is -0.481 e. The molecule has 2 rings (SSSR count). The molecule has 4 heteroatoms. The van der Waals surface area contributed by atoms with Gasteiger partial charge >= 0.3 is 0 Å². The van der Waals surface area contributed by atoms with Gasteiger partial charge in [-0.3, -0.25) is 4.79 Å². The first-order valence-corrected chi connectivity index (χ1v) is 8.60. The third-order valence-corrected chi connectivity index (χ3v) is 4.77. The van der Waals surface area contributed by atoms with E-state index in [2.05, 4.69) is 31.9 Å². The fourth-order valence-corrected chi connectivity index (χ4v) is 3.05. The molecule has 0 saturated carbocycles. The summed E-state index contributed by atoms with van der Waals surface area (Å²) in [6, 6.07) is 8.36. The van der Waals surface area contributed by atoms with Crippen molar-refractivity contribution < 1.29 is 9.53 Å². The number of hydrogen-bond acceptors (Lipinski definition) is 3. The summed E-state index contributed by atoms with van der Waals surface area (Å²) >= 11 is 0. The van der Waals surface area contributed by atoms with Gasteiger partial charge in [0.05, 0.1) is 0 Å². The van der Waals surface area contributed by atoms with Gasteiger partial charge < -0.3 is 14.5 Å². The van der Waals surface area contributed by atoms with E-state index in [9.17, 15) is 4.79 Å². The van der Waals surface area contributed by atoms with Gasteiger partial charge in [-0.2, -0.15) is 0 Å². The predicted octanol–water partition coefficient (Wildman–Crippen LogP) is 3.13. The van der Waals surface area contributed by atoms with Crippen molar-refractivity contribution >= 4 is 5.91 Å². The molecule has 1 heterocycles. The molecule has 128 valence electrons. The highest BCUT2D eigenvalue weighted by atomic mass is 16.5. The van der Waals surface area contributed by atoms with Gasteiger partial charge in [0.1, 0.15) is 5.75 Å². The van der Waals surface area contributed by atoms with Gasteiger partial charge in [0.25, 0.3) is 5.91 Å². The maximum absolute atomic E-state index is 12.6. The summed E-state index contributed by atoms with van der Waals surface area (Å²) in [6.07, 6.45) is 1.62. The average molecular weight is 318 g/mol. The van der Waals surface area contributed by atoms with Crippen LogP contribution in [-0.2, 0) is 4.79 Å². The molecule has 1 aromatic carbocycles. The fraction of sp³-hybridized carbons (Fsp3) is 0.632. The molecule has 1 aromatic rings. The van der Waals surface area contributed by atoms with Crippen LogP contribution in [0.15, 0.2) is 24.3 Å². The number of likely N-dealkylation sites (tertiary alicyclic amines) is 1. The smallest absolute Gasteiger partial charge is 0.263 e. The SMILES string of the molecule is CC(C)c1cccc(O[C@H](C)C(=O)N(C)C2CCN(C)CC2)c1. The van der Waals surface area contributed by atoms with Crippen LogP contribution < -0.4 is 4.74 Å². The molecule has 0 unspecified atom stereocenters. The summed E-state index contributed by atoms with van der Waals surface area (Å²) in [5.74, 6) is 1.29. The highest BCUT2D eigenvalue weighted by molar-refractivity contribution is 5.81. The Bertz CT molecular complexity index is 522. The number of amides is 1. The number of rotatable bonds is 5. The van der Waals surface area contributed by atoms with Gasteiger partial charge in [0.2, 0.25) is 0 Å². The quantitative estimate of drug-likeness (QED) is 0.836. The van der Waals surface area contributed by atoms with E-state index in [-0.39, 0.29) is 5.91 Å². The zero-order chi connectivity index (χ0) is 17.0. The first kappa shape index (κ1) is 17.8. The lowest BCUT2D eigenvalue weighted by Gasteiger charge is -2.36. The highest BCUT2D eigenvalue weighted by Gasteiger charge is 2.27. The van der Waals surface area contributed by atoms with Crippen molar-refractivity contribution in [3.8, 4) is 5.75 Å². The van der Waals surface area contributed by atoms with E-state index in [0.717, 1.165) is 31.7 Å². The van der Waals surface area contributed by atoms with Crippen LogP contribution in [0.3, 0.4) is 0 Å². The summed E-state index contributed by atoms with van der Waals surface area (Å²) < 4.78 is 5.90. The zero-order valence-electron chi connectivity index (χ0n) is 15.1. The molecule has 23 heavy (non-hydrogen) atoms. The molecular weight excluding hydrogens is 288 g/mol. The molecule has 1 amide bonds. The van der Waals surface area contributed by atoms with Crippen LogP contribution in [0.25, 0.3) is 0 Å². The molecule has 0 aliphatic carbocycles. The van der Waals surface area contributed by atoms with Crippen LogP contribution in [0.4, 0.5) is 0 Å². The van der Waals surface area contributed by atoms with E-state index in [1.165, 1.54) is 5.56 Å². The van der Waals surface area contributed by atoms with Crippen molar-refractivity contribution in [3.63, 3.8) is 0 Å². The fourth-order valence-electron chi connectivity index (χ4n) is 3.05. The summed E-state index contributed by atoms with van der Waals surface area (Å²) in [7, 11) is 4.04. The summed E-state index contributed by atoms with van der Waals surface area (Å²) in [4.78, 5) is 16.8. The normalized spacial score (nSPS) is 18.0. The second-order valence-corrected chi connectivity index (χ2v) is 6.97. The Morgan fingerprint density at radius 2 is 1.91 bits per heavy atom. The van der Waals surface area contributed by atoms with Crippen LogP contribution in [0, 0.1) is 0 Å². The van der Waals surface area contributed by atoms with Crippen molar-refractivity contribution in [2.75, 3.05) is 27.2 Å². The lowest BCUT2D eigenvalue weighted by Crippen LogP contribution is -2.48. The van der Waals surface area contributed by atoms with Gasteiger partial charge in [-0.1, -0.05) is 26.0 Å². The molecule has 0 aromatic heterocycles. The number of likely N-dealkylation sites (N-methyl/N-ethyl adjacent to an activating group) is 1. The number of nitrogens with zero attached hydrogens (tertiary/aromatic N) is 2. The minimum absolute atomic E-state index is 0.0644. The largest absolute Gasteiger partial charge is 0.481 e. The maximum atomic E-state index is 12.6. The molecule has 1 fully saturated rings. The van der Waals surface area contributed by atoms with Crippen LogP contribution in [-0.4, -0.2) is 55.0 Å². The van der Waals surface area contributed by atoms with E-state index in [4.69, 9.17) is 4.74 Å². The standard InChI is InChI=1S/C19H30N2O2/c1-14(2)16-7-6-8-18(13-16)23-15(3)19(22)21(5)17-9-11-20(4)12-10-17/h6-8,13-15,17H,9-12H2,1-5H3/t15-/m1/s1. The van der Waals surface area contributed by atoms with Gasteiger partial charge in [0, 0.05) is 13.1 Å². The second-order valence-electron chi connectivity index (χ2n) is 6.97. The Morgan fingerprint density at radius 1 is 1.26 bits per heavy atom. The Labute approximate surface area is 140 Å². The first-order valence-electron chi connectivity index (χ1n) is 8.60. The molecule has 4 nitrogen and oxygen atoms in total. The van der Waals surface area contributed by atoms with E-state index < -0.39 is 6.10 Å². The van der Waals surface area contributed by atoms with Crippen LogP contribution in [0.1, 0.15) is 45.1 Å². The maximum Gasteiger partial charge on any atom is 0.263 e. The summed E-state index contributed by atoms with van der Waals surface area (Å²) in [5, 5.41) is 0. The second kappa shape index (κ2) is 7.82. The molecule has 1 aliphatic heterocycles. The van der Waals surface area contributed by atoms with Crippen LogP contribution >= 0.6 is 0 Å². The Balaban J connectivity index is 1.95. The first-order chi connectivity index (χ1) is 10.9. The Hall–Kier alpha value is -1.55. The molecule has 1 aliphatic rings. The van der Waals surface area contributed by atoms with E-state index in [1.807, 2.05) is 37.1 Å². The van der Waals surface area contributed by atoms with Gasteiger partial charge in [-0.15, -0.1) is 0 Å². The van der Waals surface area contributed by atoms with E-state index in [1.54, 1.807) is 0 Å². The number of piperidine rings is 1. The average Bonchev–Trinajstić information content (AvgIpc) is 2.54. The van der Waals surface area contributed by atoms with Crippen molar-refractivity contribution in [1.82, 2.24) is 9.80 Å².